The van der Waals surface area contributed by atoms with Gasteiger partial charge in [0.25, 0.3) is 0 Å². The smallest absolute Gasteiger partial charge is 0.239 e. The molecule has 1 heterocycles. The summed E-state index contributed by atoms with van der Waals surface area (Å²) in [5.41, 5.74) is 2.41. The molecule has 1 amide bonds. The first-order valence-corrected chi connectivity index (χ1v) is 4.56. The van der Waals surface area contributed by atoms with E-state index in [1.54, 1.807) is 24.5 Å². The minimum atomic E-state index is -0.0668. The number of carbonyl (C=O) groups excluding carboxylic acids is 1. The number of rotatable bonds is 3. The molecule has 4 heteroatoms. The van der Waals surface area contributed by atoms with Crippen LogP contribution in [0.3, 0.4) is 0 Å². The number of hydrazone groups is 1. The fourth-order valence-corrected chi connectivity index (χ4v) is 1.20. The van der Waals surface area contributed by atoms with Crippen LogP contribution in [0.5, 0.6) is 0 Å². The second kappa shape index (κ2) is 4.66. The van der Waals surface area contributed by atoms with E-state index in [2.05, 4.69) is 10.5 Å². The van der Waals surface area contributed by atoms with Gasteiger partial charge in [-0.3, -0.25) is 4.79 Å². The molecule has 12 heavy (non-hydrogen) atoms. The van der Waals surface area contributed by atoms with Gasteiger partial charge in [-0.15, -0.1) is 11.3 Å². The molecule has 3 nitrogen and oxygen atoms in total. The maximum atomic E-state index is 10.7. The van der Waals surface area contributed by atoms with Crippen LogP contribution in [-0.4, -0.2) is 12.1 Å². The molecule has 1 aromatic heterocycles. The second-order valence-electron chi connectivity index (χ2n) is 2.16. The van der Waals surface area contributed by atoms with Crippen LogP contribution in [-0.2, 0) is 4.79 Å². The molecule has 0 unspecified atom stereocenters. The number of amides is 1. The molecule has 0 radical (unpaired) electrons. The number of nitrogens with one attached hydrogen (secondary N) is 1. The summed E-state index contributed by atoms with van der Waals surface area (Å²) in [6, 6.07) is 3.87. The first-order chi connectivity index (χ1) is 5.83. The second-order valence-corrected chi connectivity index (χ2v) is 3.14. The molecule has 0 aromatic carbocycles. The Morgan fingerprint density at radius 3 is 3.25 bits per heavy atom. The van der Waals surface area contributed by atoms with Crippen LogP contribution in [0.4, 0.5) is 0 Å². The van der Waals surface area contributed by atoms with Gasteiger partial charge in [0.2, 0.25) is 5.91 Å². The average molecular weight is 182 g/mol. The van der Waals surface area contributed by atoms with E-state index in [0.717, 1.165) is 4.88 Å². The lowest BCUT2D eigenvalue weighted by Gasteiger charge is -1.91. The van der Waals surface area contributed by atoms with E-state index in [1.165, 1.54) is 0 Å². The van der Waals surface area contributed by atoms with Crippen molar-refractivity contribution in [2.75, 3.05) is 0 Å². The normalized spacial score (nSPS) is 10.4. The van der Waals surface area contributed by atoms with Gasteiger partial charge in [-0.2, -0.15) is 5.10 Å². The van der Waals surface area contributed by atoms with E-state index in [1.807, 2.05) is 17.5 Å². The van der Waals surface area contributed by atoms with Crippen molar-refractivity contribution in [3.63, 3.8) is 0 Å². The van der Waals surface area contributed by atoms with E-state index < -0.39 is 0 Å². The van der Waals surface area contributed by atoms with Crippen molar-refractivity contribution in [1.29, 1.82) is 0 Å². The number of hydrogen-bond acceptors (Lipinski definition) is 3. The highest BCUT2D eigenvalue weighted by atomic mass is 32.1. The van der Waals surface area contributed by atoms with Gasteiger partial charge in [0.05, 0.1) is 6.21 Å². The van der Waals surface area contributed by atoms with E-state index in [4.69, 9.17) is 0 Å². The average Bonchev–Trinajstić information content (AvgIpc) is 2.57. The minimum Gasteiger partial charge on any atom is -0.273 e. The molecule has 1 aromatic rings. The summed E-state index contributed by atoms with van der Waals surface area (Å²) in [6.07, 6.45) is 2.10. The third-order valence-electron chi connectivity index (χ3n) is 1.25. The van der Waals surface area contributed by atoms with Crippen molar-refractivity contribution in [2.45, 2.75) is 13.3 Å². The standard InChI is InChI=1S/C8H10N2OS/c1-2-8(11)10-9-6-7-4-3-5-12-7/h3-6H,2H2,1H3,(H,10,11)/b9-6+. The van der Waals surface area contributed by atoms with E-state index in [0.29, 0.717) is 6.42 Å². The Balaban J connectivity index is 2.37. The van der Waals surface area contributed by atoms with Gasteiger partial charge in [-0.1, -0.05) is 13.0 Å². The van der Waals surface area contributed by atoms with Crippen LogP contribution in [0.2, 0.25) is 0 Å². The van der Waals surface area contributed by atoms with Gasteiger partial charge >= 0.3 is 0 Å². The van der Waals surface area contributed by atoms with Gasteiger partial charge in [0, 0.05) is 11.3 Å². The zero-order chi connectivity index (χ0) is 8.81. The molecule has 0 bridgehead atoms. The summed E-state index contributed by atoms with van der Waals surface area (Å²) in [7, 11) is 0. The van der Waals surface area contributed by atoms with Crippen molar-refractivity contribution in [2.24, 2.45) is 5.10 Å². The Bertz CT molecular complexity index is 267. The van der Waals surface area contributed by atoms with E-state index >= 15 is 0 Å². The molecule has 0 atom stereocenters. The SMILES string of the molecule is CCC(=O)N/N=C/c1cccs1. The Morgan fingerprint density at radius 1 is 1.83 bits per heavy atom. The predicted octanol–water partition coefficient (Wildman–Crippen LogP) is 1.61. The first-order valence-electron chi connectivity index (χ1n) is 3.68. The number of nitrogens with zero attached hydrogens (tertiary/aromatic N) is 1. The zero-order valence-corrected chi connectivity index (χ0v) is 7.60. The summed E-state index contributed by atoms with van der Waals surface area (Å²) >= 11 is 1.58. The highest BCUT2D eigenvalue weighted by molar-refractivity contribution is 7.11. The van der Waals surface area contributed by atoms with Crippen LogP contribution >= 0.6 is 11.3 Å². The van der Waals surface area contributed by atoms with Crippen molar-refractivity contribution in [1.82, 2.24) is 5.43 Å². The predicted molar refractivity (Wildman–Crippen MR) is 50.3 cm³/mol. The van der Waals surface area contributed by atoms with Gasteiger partial charge in [-0.25, -0.2) is 5.43 Å². The molecule has 0 aliphatic rings. The molecule has 0 spiro atoms. The molecule has 0 saturated carbocycles. The fourth-order valence-electron chi connectivity index (χ4n) is 0.612. The molecular formula is C8H10N2OS. The van der Waals surface area contributed by atoms with Gasteiger partial charge in [0.1, 0.15) is 0 Å². The summed E-state index contributed by atoms with van der Waals surface area (Å²) < 4.78 is 0. The summed E-state index contributed by atoms with van der Waals surface area (Å²) in [5.74, 6) is -0.0668. The quantitative estimate of drug-likeness (QED) is 0.560. The van der Waals surface area contributed by atoms with Crippen LogP contribution in [0, 0.1) is 0 Å². The van der Waals surface area contributed by atoms with Crippen molar-refractivity contribution in [3.8, 4) is 0 Å². The number of hydrogen-bond donors (Lipinski definition) is 1. The van der Waals surface area contributed by atoms with Crippen LogP contribution in [0.1, 0.15) is 18.2 Å². The fraction of sp³-hybridized carbons (Fsp3) is 0.250. The molecule has 64 valence electrons. The highest BCUT2D eigenvalue weighted by Crippen LogP contribution is 2.03. The first kappa shape index (κ1) is 8.93. The van der Waals surface area contributed by atoms with E-state index in [-0.39, 0.29) is 5.91 Å². The summed E-state index contributed by atoms with van der Waals surface area (Å²) in [5, 5.41) is 5.73. The number of carbonyl (C=O) groups is 1. The van der Waals surface area contributed by atoms with Crippen LogP contribution < -0.4 is 5.43 Å². The van der Waals surface area contributed by atoms with Gasteiger partial charge < -0.3 is 0 Å². The zero-order valence-electron chi connectivity index (χ0n) is 6.78. The topological polar surface area (TPSA) is 41.5 Å². The molecule has 1 rings (SSSR count). The monoisotopic (exact) mass is 182 g/mol. The molecular weight excluding hydrogens is 172 g/mol. The molecule has 0 aliphatic carbocycles. The molecule has 0 fully saturated rings. The largest absolute Gasteiger partial charge is 0.273 e. The molecule has 0 saturated heterocycles. The van der Waals surface area contributed by atoms with Gasteiger partial charge in [0.15, 0.2) is 0 Å². The highest BCUT2D eigenvalue weighted by Gasteiger charge is 1.91. The van der Waals surface area contributed by atoms with E-state index in [9.17, 15) is 4.79 Å². The Morgan fingerprint density at radius 2 is 2.67 bits per heavy atom. The maximum Gasteiger partial charge on any atom is 0.239 e. The molecule has 0 aliphatic heterocycles. The third kappa shape index (κ3) is 2.84. The Hall–Kier alpha value is -1.16. The lowest BCUT2D eigenvalue weighted by atomic mass is 10.5. The van der Waals surface area contributed by atoms with Crippen molar-refractivity contribution < 1.29 is 4.79 Å². The van der Waals surface area contributed by atoms with Crippen LogP contribution in [0.15, 0.2) is 22.6 Å². The van der Waals surface area contributed by atoms with Crippen molar-refractivity contribution >= 4 is 23.5 Å². The lowest BCUT2D eigenvalue weighted by molar-refractivity contribution is -0.120. The van der Waals surface area contributed by atoms with Crippen molar-refractivity contribution in [3.05, 3.63) is 22.4 Å². The lowest BCUT2D eigenvalue weighted by Crippen LogP contribution is -2.15. The Labute approximate surface area is 75.1 Å². The summed E-state index contributed by atoms with van der Waals surface area (Å²) in [6.45, 7) is 1.79. The number of thiophene rings is 1. The molecule has 1 N–H and O–H groups in total. The maximum absolute atomic E-state index is 10.7. The van der Waals surface area contributed by atoms with Crippen LogP contribution in [0.25, 0.3) is 0 Å². The summed E-state index contributed by atoms with van der Waals surface area (Å²) in [4.78, 5) is 11.8. The van der Waals surface area contributed by atoms with Gasteiger partial charge in [-0.05, 0) is 11.4 Å². The Kier molecular flexibility index (Phi) is 3.47. The third-order valence-corrected chi connectivity index (χ3v) is 2.05. The minimum absolute atomic E-state index is 0.0668.